The number of anilines is 3. The highest BCUT2D eigenvalue weighted by Crippen LogP contribution is 2.31. The molecule has 1 aliphatic rings. The first kappa shape index (κ1) is 36.4. The highest BCUT2D eigenvalue weighted by atomic mass is 32.2. The van der Waals surface area contributed by atoms with Gasteiger partial charge in [-0.1, -0.05) is 25.5 Å². The third kappa shape index (κ3) is 9.11. The molecule has 0 saturated carbocycles. The van der Waals surface area contributed by atoms with Gasteiger partial charge >= 0.3 is 0 Å². The Balaban J connectivity index is 1.40. The number of unbranched alkanes of at least 4 members (excludes halogenated alkanes) is 2. The van der Waals surface area contributed by atoms with Crippen LogP contribution < -0.4 is 21.1 Å². The highest BCUT2D eigenvalue weighted by molar-refractivity contribution is 7.89. The Hall–Kier alpha value is -4.47. The first-order chi connectivity index (χ1) is 22.8. The van der Waals surface area contributed by atoms with Crippen molar-refractivity contribution in [2.24, 2.45) is 13.0 Å². The number of aliphatic hydroxyl groups excluding tert-OH is 1. The fourth-order valence-corrected chi connectivity index (χ4v) is 6.49. The van der Waals surface area contributed by atoms with Gasteiger partial charge < -0.3 is 35.7 Å². The minimum Gasteiger partial charge on any atom is -0.488 e. The number of nitrogens with zero attached hydrogens (tertiary/aromatic N) is 4. The summed E-state index contributed by atoms with van der Waals surface area (Å²) in [4.78, 5) is 44.3. The van der Waals surface area contributed by atoms with Gasteiger partial charge in [-0.2, -0.15) is 4.31 Å². The van der Waals surface area contributed by atoms with Crippen LogP contribution in [0.1, 0.15) is 56.3 Å². The summed E-state index contributed by atoms with van der Waals surface area (Å²) in [7, 11) is -0.773. The van der Waals surface area contributed by atoms with Crippen LogP contribution in [0.15, 0.2) is 60.0 Å². The molecule has 0 unspecified atom stereocenters. The Morgan fingerprint density at radius 2 is 1.81 bits per heavy atom. The third-order valence-corrected chi connectivity index (χ3v) is 9.99. The number of aryl methyl sites for hydroxylation is 1. The lowest BCUT2D eigenvalue weighted by molar-refractivity contribution is -0.116. The van der Waals surface area contributed by atoms with Crippen molar-refractivity contribution < 1.29 is 32.6 Å². The van der Waals surface area contributed by atoms with Gasteiger partial charge in [-0.25, -0.2) is 13.4 Å². The van der Waals surface area contributed by atoms with Gasteiger partial charge in [0.2, 0.25) is 11.8 Å². The maximum absolute atomic E-state index is 13.7. The van der Waals surface area contributed by atoms with Crippen molar-refractivity contribution in [1.82, 2.24) is 18.8 Å². The molecule has 3 amide bonds. The van der Waals surface area contributed by atoms with E-state index in [1.165, 1.54) is 29.9 Å². The summed E-state index contributed by atoms with van der Waals surface area (Å²) in [6.07, 6.45) is 4.54. The lowest BCUT2D eigenvalue weighted by atomic mass is 9.99. The summed E-state index contributed by atoms with van der Waals surface area (Å²) >= 11 is 0. The summed E-state index contributed by atoms with van der Waals surface area (Å²) in [6.45, 7) is 3.50. The van der Waals surface area contributed by atoms with Crippen LogP contribution in [0, 0.1) is 5.92 Å². The molecule has 0 fully saturated rings. The number of aromatic nitrogens is 2. The first-order valence-electron chi connectivity index (χ1n) is 15.9. The number of hydrogen-bond donors (Lipinski definition) is 4. The third-order valence-electron chi connectivity index (χ3n) is 8.28. The maximum atomic E-state index is 13.7. The van der Waals surface area contributed by atoms with Crippen LogP contribution in [0.2, 0.25) is 0 Å². The molecule has 1 aliphatic heterocycles. The summed E-state index contributed by atoms with van der Waals surface area (Å²) in [5.74, 6) is -0.835. The SMILES string of the molecule is C[C@@H]1CN([C@H](C)CO)C(=O)c2cc(NC(=O)CCCCCC(=O)Nc3ccccc3N)ccc2O[C@H]1CN(C)S(=O)(=O)c1cn(C)cn1. The molecule has 2 aromatic carbocycles. The number of nitrogen functional groups attached to an aromatic ring is 1. The quantitative estimate of drug-likeness (QED) is 0.146. The molecule has 260 valence electrons. The van der Waals surface area contributed by atoms with Gasteiger partial charge in [0.25, 0.3) is 15.9 Å². The van der Waals surface area contributed by atoms with Crippen molar-refractivity contribution in [2.75, 3.05) is 43.1 Å². The van der Waals surface area contributed by atoms with Gasteiger partial charge in [0.05, 0.1) is 42.5 Å². The minimum atomic E-state index is -3.91. The number of para-hydroxylation sites is 2. The Kier molecular flexibility index (Phi) is 12.2. The van der Waals surface area contributed by atoms with Gasteiger partial charge in [-0.3, -0.25) is 14.4 Å². The minimum absolute atomic E-state index is 0.0183. The van der Waals surface area contributed by atoms with Gasteiger partial charge in [0, 0.05) is 51.3 Å². The average molecular weight is 684 g/mol. The Labute approximate surface area is 281 Å². The number of aliphatic hydroxyl groups is 1. The first-order valence-corrected chi connectivity index (χ1v) is 17.3. The fourth-order valence-electron chi connectivity index (χ4n) is 5.35. The zero-order valence-electron chi connectivity index (χ0n) is 27.8. The van der Waals surface area contributed by atoms with E-state index < -0.39 is 22.2 Å². The number of sulfonamides is 1. The van der Waals surface area contributed by atoms with E-state index in [0.717, 1.165) is 0 Å². The van der Waals surface area contributed by atoms with Gasteiger partial charge in [0.15, 0.2) is 5.03 Å². The van der Waals surface area contributed by atoms with Gasteiger partial charge in [-0.05, 0) is 50.1 Å². The zero-order valence-corrected chi connectivity index (χ0v) is 28.6. The highest BCUT2D eigenvalue weighted by Gasteiger charge is 2.35. The van der Waals surface area contributed by atoms with E-state index in [1.54, 1.807) is 59.8 Å². The number of ether oxygens (including phenoxy) is 1. The Morgan fingerprint density at radius 1 is 1.12 bits per heavy atom. The van der Waals surface area contributed by atoms with Crippen molar-refractivity contribution in [3.8, 4) is 5.75 Å². The molecule has 3 aromatic rings. The number of rotatable bonds is 14. The molecule has 0 aliphatic carbocycles. The molecule has 0 bridgehead atoms. The molecule has 1 aromatic heterocycles. The predicted octanol–water partition coefficient (Wildman–Crippen LogP) is 3.07. The number of nitrogens with two attached hydrogens (primary N) is 1. The number of imidazole rings is 1. The van der Waals surface area contributed by atoms with Crippen LogP contribution >= 0.6 is 0 Å². The summed E-state index contributed by atoms with van der Waals surface area (Å²) in [5.41, 5.74) is 7.52. The van der Waals surface area contributed by atoms with Crippen molar-refractivity contribution >= 4 is 44.8 Å². The molecule has 2 heterocycles. The monoisotopic (exact) mass is 683 g/mol. The van der Waals surface area contributed by atoms with Crippen molar-refractivity contribution in [3.05, 3.63) is 60.6 Å². The Morgan fingerprint density at radius 3 is 2.46 bits per heavy atom. The average Bonchev–Trinajstić information content (AvgIpc) is 3.50. The zero-order chi connectivity index (χ0) is 35.0. The van der Waals surface area contributed by atoms with Crippen LogP contribution in [0.25, 0.3) is 0 Å². The number of nitrogens with one attached hydrogen (secondary N) is 2. The standard InChI is InChI=1S/C33H45N7O7S/c1-22-17-40(23(2)20-41)33(44)25-16-24(36-30(42)12-6-5-7-13-31(43)37-27-11-9-8-10-26(27)34)14-15-28(25)47-29(22)18-39(4)48(45,46)32-19-38(3)21-35-32/h8-11,14-16,19,21-23,29,41H,5-7,12-13,17-18,20,34H2,1-4H3,(H,36,42)(H,37,43)/t22-,23-,29+/m1/s1. The fraction of sp³-hybridized carbons (Fsp3) is 0.455. The van der Waals surface area contributed by atoms with Crippen molar-refractivity contribution in [2.45, 2.75) is 63.1 Å². The summed E-state index contributed by atoms with van der Waals surface area (Å²) in [5, 5.41) is 15.5. The molecular formula is C33H45N7O7S. The molecule has 14 nitrogen and oxygen atoms in total. The summed E-state index contributed by atoms with van der Waals surface area (Å²) < 4.78 is 35.4. The van der Waals surface area contributed by atoms with Crippen LogP contribution in [0.3, 0.4) is 0 Å². The number of carbonyl (C=O) groups excluding carboxylic acids is 3. The second kappa shape index (κ2) is 16.1. The van der Waals surface area contributed by atoms with E-state index in [-0.39, 0.29) is 66.1 Å². The van der Waals surface area contributed by atoms with E-state index in [9.17, 15) is 27.9 Å². The lowest BCUT2D eigenvalue weighted by Crippen LogP contribution is -2.50. The van der Waals surface area contributed by atoms with Crippen LogP contribution in [0.5, 0.6) is 5.75 Å². The second-order valence-corrected chi connectivity index (χ2v) is 14.2. The summed E-state index contributed by atoms with van der Waals surface area (Å²) in [6, 6.07) is 11.3. The number of hydrogen-bond acceptors (Lipinski definition) is 9. The number of carbonyl (C=O) groups is 3. The molecule has 0 saturated heterocycles. The van der Waals surface area contributed by atoms with E-state index in [1.807, 2.05) is 6.92 Å². The lowest BCUT2D eigenvalue weighted by Gasteiger charge is -2.38. The van der Waals surface area contributed by atoms with E-state index >= 15 is 0 Å². The predicted molar refractivity (Wildman–Crippen MR) is 182 cm³/mol. The number of fused-ring (bicyclic) bond motifs is 1. The smallest absolute Gasteiger partial charge is 0.261 e. The molecule has 4 rings (SSSR count). The van der Waals surface area contributed by atoms with Crippen molar-refractivity contribution in [1.29, 1.82) is 0 Å². The molecular weight excluding hydrogens is 638 g/mol. The number of likely N-dealkylation sites (N-methyl/N-ethyl adjacent to an activating group) is 1. The van der Waals surface area contributed by atoms with Crippen LogP contribution in [0.4, 0.5) is 17.1 Å². The van der Waals surface area contributed by atoms with E-state index in [0.29, 0.717) is 42.7 Å². The molecule has 3 atom stereocenters. The second-order valence-electron chi connectivity index (χ2n) is 12.2. The molecule has 0 spiro atoms. The largest absolute Gasteiger partial charge is 0.488 e. The maximum Gasteiger partial charge on any atom is 0.261 e. The molecule has 0 radical (unpaired) electrons. The molecule has 5 N–H and O–H groups in total. The molecule has 48 heavy (non-hydrogen) atoms. The van der Waals surface area contributed by atoms with Crippen molar-refractivity contribution in [3.63, 3.8) is 0 Å². The van der Waals surface area contributed by atoms with Crippen LogP contribution in [-0.4, -0.2) is 88.9 Å². The Bertz CT molecular complexity index is 1710. The van der Waals surface area contributed by atoms with Gasteiger partial charge in [-0.15, -0.1) is 0 Å². The number of benzene rings is 2. The topological polar surface area (TPSA) is 189 Å². The van der Waals surface area contributed by atoms with E-state index in [2.05, 4.69) is 15.6 Å². The molecule has 15 heteroatoms. The number of amides is 3. The van der Waals surface area contributed by atoms with E-state index in [4.69, 9.17) is 10.5 Å². The van der Waals surface area contributed by atoms with Crippen LogP contribution in [-0.2, 0) is 26.7 Å². The van der Waals surface area contributed by atoms with Gasteiger partial charge in [0.1, 0.15) is 11.9 Å². The normalized spacial score (nSPS) is 17.2.